The third-order valence-electron chi connectivity index (χ3n) is 17.2. The van der Waals surface area contributed by atoms with Crippen LogP contribution in [0.15, 0.2) is 60.8 Å². The van der Waals surface area contributed by atoms with E-state index in [9.17, 15) is 24.0 Å². The summed E-state index contributed by atoms with van der Waals surface area (Å²) in [4.78, 5) is 83.8. The van der Waals surface area contributed by atoms with Gasteiger partial charge in [0.05, 0.1) is 61.8 Å². The number of aryl methyl sites for hydroxylation is 1. The van der Waals surface area contributed by atoms with E-state index in [2.05, 4.69) is 77.4 Å². The van der Waals surface area contributed by atoms with Crippen molar-refractivity contribution >= 4 is 58.1 Å². The summed E-state index contributed by atoms with van der Waals surface area (Å²) in [6, 6.07) is 16.0. The summed E-state index contributed by atoms with van der Waals surface area (Å²) in [5.41, 5.74) is 9.33. The summed E-state index contributed by atoms with van der Waals surface area (Å²) >= 11 is 5.45. The highest BCUT2D eigenvalue weighted by atomic mass is 32.1. The maximum Gasteiger partial charge on any atom is 0.324 e. The van der Waals surface area contributed by atoms with Gasteiger partial charge < -0.3 is 38.6 Å². The summed E-state index contributed by atoms with van der Waals surface area (Å²) in [6.07, 6.45) is 3.97. The van der Waals surface area contributed by atoms with Gasteiger partial charge in [-0.1, -0.05) is 77.2 Å². The number of morpholine rings is 1. The lowest BCUT2D eigenvalue weighted by atomic mass is 9.84. The minimum atomic E-state index is -1.06. The molecule has 4 aromatic rings. The zero-order valence-electron chi connectivity index (χ0n) is 45.8. The van der Waals surface area contributed by atoms with Gasteiger partial charge >= 0.3 is 5.97 Å². The maximum atomic E-state index is 15.0. The Kier molecular flexibility index (Phi) is 16.1. The third-order valence-corrected chi connectivity index (χ3v) is 17.5. The van der Waals surface area contributed by atoms with Crippen molar-refractivity contribution in [2.24, 2.45) is 22.7 Å². The van der Waals surface area contributed by atoms with Crippen LogP contribution in [0.5, 0.6) is 0 Å². The van der Waals surface area contributed by atoms with Gasteiger partial charge in [0.2, 0.25) is 17.7 Å². The molecule has 77 heavy (non-hydrogen) atoms. The van der Waals surface area contributed by atoms with Crippen LogP contribution in [0.1, 0.15) is 90.2 Å². The van der Waals surface area contributed by atoms with Crippen LogP contribution in [0.2, 0.25) is 0 Å². The van der Waals surface area contributed by atoms with Gasteiger partial charge in [0.25, 0.3) is 5.91 Å². The first kappa shape index (κ1) is 54.7. The first-order valence-electron chi connectivity index (χ1n) is 27.8. The van der Waals surface area contributed by atoms with E-state index in [1.54, 1.807) is 23.6 Å². The maximum absolute atomic E-state index is 15.0. The van der Waals surface area contributed by atoms with E-state index in [-0.39, 0.29) is 54.7 Å². The molecule has 6 aliphatic rings. The Balaban J connectivity index is 0.949. The van der Waals surface area contributed by atoms with Gasteiger partial charge in [-0.3, -0.25) is 38.9 Å². The van der Waals surface area contributed by atoms with Crippen molar-refractivity contribution in [3.63, 3.8) is 0 Å². The highest BCUT2D eigenvalue weighted by molar-refractivity contribution is 7.79. The fraction of sp³-hybridized carbons (Fsp3) is 0.576. The van der Waals surface area contributed by atoms with Gasteiger partial charge in [-0.25, -0.2) is 5.43 Å². The Bertz CT molecular complexity index is 2900. The van der Waals surface area contributed by atoms with Crippen molar-refractivity contribution < 1.29 is 42.9 Å². The van der Waals surface area contributed by atoms with Crippen LogP contribution >= 0.6 is 12.2 Å². The molecule has 0 aliphatic carbocycles. The van der Waals surface area contributed by atoms with Crippen molar-refractivity contribution in [2.75, 3.05) is 72.9 Å². The molecule has 8 heterocycles. The molecule has 0 saturated carbocycles. The first-order valence-corrected chi connectivity index (χ1v) is 28.3. The predicted molar refractivity (Wildman–Crippen MR) is 295 cm³/mol. The van der Waals surface area contributed by atoms with E-state index in [1.165, 1.54) is 5.01 Å². The summed E-state index contributed by atoms with van der Waals surface area (Å²) in [5.74, 6) is -2.02. The molecule has 5 saturated heterocycles. The molecule has 0 radical (unpaired) electrons. The van der Waals surface area contributed by atoms with Crippen LogP contribution in [-0.2, 0) is 62.3 Å². The molecule has 7 atom stereocenters. The fourth-order valence-electron chi connectivity index (χ4n) is 13.0. The van der Waals surface area contributed by atoms with Crippen LogP contribution < -0.4 is 10.7 Å². The minimum absolute atomic E-state index is 0.0138. The topological polar surface area (TPSA) is 177 Å². The number of cyclic esters (lactones) is 1. The second-order valence-electron chi connectivity index (χ2n) is 23.3. The molecular formula is C59H76N8O9S. The number of benzene rings is 2. The number of hydrogen-bond acceptors (Lipinski definition) is 13. The number of methoxy groups -OCH3 is 1. The Morgan fingerprint density at radius 2 is 1.77 bits per heavy atom. The number of hydrazine groups is 1. The third kappa shape index (κ3) is 10.7. The molecule has 6 aliphatic heterocycles. The van der Waals surface area contributed by atoms with Gasteiger partial charge in [-0.2, -0.15) is 0 Å². The molecule has 2 aromatic heterocycles. The number of fused-ring (bicyclic) bond motifs is 6. The number of hydrogen-bond donors (Lipinski definition) is 2. The van der Waals surface area contributed by atoms with Crippen molar-refractivity contribution in [3.05, 3.63) is 77.6 Å². The number of thiocarbonyl (C=S) groups is 1. The zero-order chi connectivity index (χ0) is 54.3. The average Bonchev–Trinajstić information content (AvgIpc) is 4.11. The van der Waals surface area contributed by atoms with Crippen molar-refractivity contribution in [2.45, 2.75) is 123 Å². The van der Waals surface area contributed by atoms with Crippen LogP contribution in [-0.4, -0.2) is 167 Å². The van der Waals surface area contributed by atoms with Crippen molar-refractivity contribution in [3.8, 4) is 22.4 Å². The molecule has 412 valence electrons. The second kappa shape index (κ2) is 22.6. The molecule has 2 N–H and O–H groups in total. The number of esters is 1. The molecule has 4 amide bonds. The molecule has 17 nitrogen and oxygen atoms in total. The number of nitrogens with one attached hydrogen (secondary N) is 2. The van der Waals surface area contributed by atoms with E-state index in [4.69, 9.17) is 36.1 Å². The van der Waals surface area contributed by atoms with Gasteiger partial charge in [-0.05, 0) is 91.5 Å². The molecule has 10 rings (SSSR count). The van der Waals surface area contributed by atoms with Crippen molar-refractivity contribution in [1.82, 2.24) is 40.0 Å². The Morgan fingerprint density at radius 3 is 2.51 bits per heavy atom. The number of nitrogens with zero attached hydrogens (tertiary/aromatic N) is 6. The Hall–Kier alpha value is -5.63. The first-order chi connectivity index (χ1) is 37.0. The number of aromatic nitrogens is 2. The lowest BCUT2D eigenvalue weighted by Gasteiger charge is -2.46. The fourth-order valence-corrected chi connectivity index (χ4v) is 13.2. The van der Waals surface area contributed by atoms with Crippen LogP contribution in [0.25, 0.3) is 33.3 Å². The summed E-state index contributed by atoms with van der Waals surface area (Å²) in [5, 5.41) is 7.26. The molecule has 1 spiro atoms. The van der Waals surface area contributed by atoms with Crippen LogP contribution in [0.3, 0.4) is 0 Å². The van der Waals surface area contributed by atoms with E-state index in [1.807, 2.05) is 43.9 Å². The summed E-state index contributed by atoms with van der Waals surface area (Å²) in [7, 11) is 1.63. The van der Waals surface area contributed by atoms with E-state index in [0.717, 1.165) is 51.0 Å². The minimum Gasteiger partial charge on any atom is -0.464 e. The largest absolute Gasteiger partial charge is 0.464 e. The van der Waals surface area contributed by atoms with Gasteiger partial charge in [0.1, 0.15) is 24.2 Å². The Labute approximate surface area is 457 Å². The van der Waals surface area contributed by atoms with E-state index in [0.29, 0.717) is 96.9 Å². The zero-order valence-corrected chi connectivity index (χ0v) is 46.6. The molecule has 5 fully saturated rings. The quantitative estimate of drug-likeness (QED) is 0.126. The smallest absolute Gasteiger partial charge is 0.324 e. The summed E-state index contributed by atoms with van der Waals surface area (Å²) < 4.78 is 25.7. The lowest BCUT2D eigenvalue weighted by Crippen LogP contribution is -2.62. The van der Waals surface area contributed by atoms with Gasteiger partial charge in [-0.15, -0.1) is 0 Å². The number of amides is 4. The number of carbonyl (C=O) groups excluding carboxylic acids is 5. The SMILES string of the molecule is CCn1c(-c2cccnc2[C@H](C=S)OC)c2c3cc(ccc31)-c1cccc(c1)C[C@H](NC(=O)[C@H](C(C)C)N1CC[C@@]3(CCN(C(=O)C(C)[C@@H]4COCCN4C4COC4)C3)C1=O)C(=O)N1CCC[C@H](N1)C(=O)OCC(C)(C)C2. The van der Waals surface area contributed by atoms with Crippen LogP contribution in [0.4, 0.5) is 0 Å². The standard InChI is InChI=1S/C59H76N8O9S/c1-8-64-47-17-16-40-28-43(47)44(52(64)42-14-10-20-60-50(42)49(33-77)73-7)29-58(5,6)35-76-56(71)45-15-11-21-67(62-45)55(70)46(27-38-12-9-13-39(40)26-38)61-53(68)51(36(2)3)66-23-19-59(57(66)72)18-22-63(34-59)54(69)37(4)48-32-74-25-24-65(48)41-30-75-31-41/h9-10,12-14,16-17,20,26,28,33,36-37,41,45-46,48-49,51,62H,8,11,15,18-19,21-25,27,29-32,34-35H2,1-7H3,(H,61,68)/t37?,45-,46-,48-,49-,51-,59+/m0/s1. The summed E-state index contributed by atoms with van der Waals surface area (Å²) in [6.45, 7) is 17.5. The Morgan fingerprint density at radius 1 is 0.974 bits per heavy atom. The molecular weight excluding hydrogens is 997 g/mol. The molecule has 1 unspecified atom stereocenters. The molecule has 6 bridgehead atoms. The monoisotopic (exact) mass is 1070 g/mol. The molecule has 2 aromatic carbocycles. The number of pyridine rings is 1. The second-order valence-corrected chi connectivity index (χ2v) is 23.6. The van der Waals surface area contributed by atoms with Crippen molar-refractivity contribution in [1.29, 1.82) is 0 Å². The average molecular weight is 1070 g/mol. The number of rotatable bonds is 12. The predicted octanol–water partition coefficient (Wildman–Crippen LogP) is 5.94. The van der Waals surface area contributed by atoms with E-state index >= 15 is 0 Å². The molecule has 18 heteroatoms. The number of likely N-dealkylation sites (tertiary alicyclic amines) is 2. The lowest BCUT2D eigenvalue weighted by molar-refractivity contribution is -0.155. The van der Waals surface area contributed by atoms with Crippen LogP contribution in [0, 0.1) is 22.7 Å². The van der Waals surface area contributed by atoms with Gasteiger partial charge in [0.15, 0.2) is 0 Å². The number of carbonyl (C=O) groups is 5. The highest BCUT2D eigenvalue weighted by Crippen LogP contribution is 2.44. The normalized spacial score (nSPS) is 25.6. The highest BCUT2D eigenvalue weighted by Gasteiger charge is 2.55. The van der Waals surface area contributed by atoms with E-state index < -0.39 is 46.9 Å². The van der Waals surface area contributed by atoms with Gasteiger partial charge in [0, 0.05) is 92.3 Å². The number of ether oxygens (including phenoxy) is 4.